The topological polar surface area (TPSA) is 102 Å². The van der Waals surface area contributed by atoms with E-state index in [0.717, 1.165) is 17.5 Å². The molecule has 4 N–H and O–H groups in total. The molecule has 0 bridgehead atoms. The highest BCUT2D eigenvalue weighted by Crippen LogP contribution is 2.13. The van der Waals surface area contributed by atoms with Gasteiger partial charge in [-0.25, -0.2) is 9.78 Å². The molecule has 0 atom stereocenters. The van der Waals surface area contributed by atoms with Crippen LogP contribution in [-0.4, -0.2) is 32.6 Å². The maximum absolute atomic E-state index is 12.2. The van der Waals surface area contributed by atoms with Crippen LogP contribution in [0.4, 0.5) is 5.95 Å². The Morgan fingerprint density at radius 1 is 1.35 bits per heavy atom. The molecule has 0 saturated carbocycles. The normalized spacial score (nSPS) is 11.0. The Kier molecular flexibility index (Phi) is 4.38. The Bertz CT molecular complexity index is 866. The Labute approximate surface area is 133 Å². The molecule has 7 nitrogen and oxygen atoms in total. The van der Waals surface area contributed by atoms with Crippen LogP contribution in [0.3, 0.4) is 0 Å². The maximum atomic E-state index is 12.2. The van der Waals surface area contributed by atoms with Gasteiger partial charge in [-0.3, -0.25) is 4.57 Å². The lowest BCUT2D eigenvalue weighted by molar-refractivity contribution is 0.772. The van der Waals surface area contributed by atoms with Crippen molar-refractivity contribution in [3.8, 4) is 0 Å². The van der Waals surface area contributed by atoms with Crippen molar-refractivity contribution >= 4 is 17.1 Å². The molecule has 3 aromatic rings. The standard InChI is InChI=1S/C16H20N6O/c1-11-5-2-3-6-12(11)10-22-14-13(20-16(22)23)9-19-15(21-14)18-8-4-7-17/h2-3,5-6,9H,4,7-8,10,17H2,1H3,(H,20,23)(H,18,19,21). The molecule has 0 saturated heterocycles. The number of aromatic nitrogens is 4. The first-order valence-corrected chi connectivity index (χ1v) is 7.63. The molecule has 7 heteroatoms. The second-order valence-corrected chi connectivity index (χ2v) is 5.44. The number of anilines is 1. The molecule has 3 rings (SSSR count). The van der Waals surface area contributed by atoms with Crippen molar-refractivity contribution in [1.82, 2.24) is 19.5 Å². The van der Waals surface area contributed by atoms with Crippen molar-refractivity contribution in [3.63, 3.8) is 0 Å². The van der Waals surface area contributed by atoms with E-state index in [1.54, 1.807) is 10.8 Å². The highest BCUT2D eigenvalue weighted by molar-refractivity contribution is 5.71. The minimum Gasteiger partial charge on any atom is -0.354 e. The Hall–Kier alpha value is -2.67. The quantitative estimate of drug-likeness (QED) is 0.594. The van der Waals surface area contributed by atoms with Crippen LogP contribution in [0.1, 0.15) is 17.5 Å². The molecule has 2 aromatic heterocycles. The minimum absolute atomic E-state index is 0.184. The Morgan fingerprint density at radius 3 is 2.96 bits per heavy atom. The molecule has 1 aromatic carbocycles. The smallest absolute Gasteiger partial charge is 0.328 e. The molecular weight excluding hydrogens is 292 g/mol. The molecule has 2 heterocycles. The monoisotopic (exact) mass is 312 g/mol. The highest BCUT2D eigenvalue weighted by atomic mass is 16.1. The summed E-state index contributed by atoms with van der Waals surface area (Å²) in [5.41, 5.74) is 8.76. The van der Waals surface area contributed by atoms with E-state index in [4.69, 9.17) is 5.73 Å². The van der Waals surface area contributed by atoms with E-state index in [-0.39, 0.29) is 5.69 Å². The predicted molar refractivity (Wildman–Crippen MR) is 90.6 cm³/mol. The summed E-state index contributed by atoms with van der Waals surface area (Å²) < 4.78 is 1.63. The zero-order valence-corrected chi connectivity index (χ0v) is 13.0. The third kappa shape index (κ3) is 3.24. The number of aryl methyl sites for hydroxylation is 1. The van der Waals surface area contributed by atoms with Crippen LogP contribution in [0.2, 0.25) is 0 Å². The van der Waals surface area contributed by atoms with Crippen LogP contribution in [0, 0.1) is 6.92 Å². The van der Waals surface area contributed by atoms with Crippen LogP contribution >= 0.6 is 0 Å². The number of nitrogens with one attached hydrogen (secondary N) is 2. The SMILES string of the molecule is Cc1ccccc1Cn1c(=O)[nH]c2cnc(NCCCN)nc21. The van der Waals surface area contributed by atoms with Crippen molar-refractivity contribution in [3.05, 3.63) is 52.1 Å². The highest BCUT2D eigenvalue weighted by Gasteiger charge is 2.11. The van der Waals surface area contributed by atoms with E-state index in [9.17, 15) is 4.79 Å². The fourth-order valence-electron chi connectivity index (χ4n) is 2.44. The van der Waals surface area contributed by atoms with E-state index >= 15 is 0 Å². The van der Waals surface area contributed by atoms with Crippen molar-refractivity contribution in [2.75, 3.05) is 18.4 Å². The van der Waals surface area contributed by atoms with Crippen LogP contribution < -0.4 is 16.7 Å². The third-order valence-electron chi connectivity index (χ3n) is 3.76. The number of aromatic amines is 1. The van der Waals surface area contributed by atoms with Gasteiger partial charge < -0.3 is 16.0 Å². The number of nitrogens with zero attached hydrogens (tertiary/aromatic N) is 3. The van der Waals surface area contributed by atoms with Gasteiger partial charge in [-0.05, 0) is 31.0 Å². The first-order valence-electron chi connectivity index (χ1n) is 7.63. The molecule has 0 unspecified atom stereocenters. The summed E-state index contributed by atoms with van der Waals surface area (Å²) >= 11 is 0. The number of hydrogen-bond acceptors (Lipinski definition) is 5. The van der Waals surface area contributed by atoms with Crippen LogP contribution in [0.15, 0.2) is 35.3 Å². The lowest BCUT2D eigenvalue weighted by Crippen LogP contribution is -2.18. The largest absolute Gasteiger partial charge is 0.354 e. The molecule has 0 radical (unpaired) electrons. The number of nitrogens with two attached hydrogens (primary N) is 1. The maximum Gasteiger partial charge on any atom is 0.328 e. The van der Waals surface area contributed by atoms with E-state index < -0.39 is 0 Å². The summed E-state index contributed by atoms with van der Waals surface area (Å²) in [4.78, 5) is 23.7. The zero-order valence-electron chi connectivity index (χ0n) is 13.0. The predicted octanol–water partition coefficient (Wildman–Crippen LogP) is 1.24. The van der Waals surface area contributed by atoms with Crippen LogP contribution in [0.25, 0.3) is 11.2 Å². The lowest BCUT2D eigenvalue weighted by atomic mass is 10.1. The molecule has 0 amide bonds. The summed E-state index contributed by atoms with van der Waals surface area (Å²) in [6.45, 7) is 3.82. The third-order valence-corrected chi connectivity index (χ3v) is 3.76. The van der Waals surface area contributed by atoms with Gasteiger partial charge in [-0.1, -0.05) is 24.3 Å². The first-order chi connectivity index (χ1) is 11.2. The average Bonchev–Trinajstić information content (AvgIpc) is 2.85. The number of benzene rings is 1. The van der Waals surface area contributed by atoms with Crippen LogP contribution in [0.5, 0.6) is 0 Å². The number of H-pyrrole nitrogens is 1. The summed E-state index contributed by atoms with van der Waals surface area (Å²) in [6, 6.07) is 8.00. The summed E-state index contributed by atoms with van der Waals surface area (Å²) in [6.07, 6.45) is 2.47. The fraction of sp³-hybridized carbons (Fsp3) is 0.312. The van der Waals surface area contributed by atoms with Gasteiger partial charge in [0.15, 0.2) is 5.65 Å². The molecule has 0 fully saturated rings. The number of rotatable bonds is 6. The first kappa shape index (κ1) is 15.2. The molecule has 23 heavy (non-hydrogen) atoms. The molecule has 0 aliphatic rings. The molecular formula is C16H20N6O. The van der Waals surface area contributed by atoms with Crippen molar-refractivity contribution < 1.29 is 0 Å². The van der Waals surface area contributed by atoms with Gasteiger partial charge in [0, 0.05) is 6.54 Å². The van der Waals surface area contributed by atoms with Gasteiger partial charge in [0.1, 0.15) is 5.52 Å². The van der Waals surface area contributed by atoms with Crippen molar-refractivity contribution in [2.45, 2.75) is 19.9 Å². The van der Waals surface area contributed by atoms with Crippen LogP contribution in [-0.2, 0) is 6.54 Å². The Morgan fingerprint density at radius 2 is 2.17 bits per heavy atom. The summed E-state index contributed by atoms with van der Waals surface area (Å²) in [5.74, 6) is 0.503. The second-order valence-electron chi connectivity index (χ2n) is 5.44. The zero-order chi connectivity index (χ0) is 16.2. The number of imidazole rings is 1. The molecule has 0 aliphatic heterocycles. The fourth-order valence-corrected chi connectivity index (χ4v) is 2.44. The second kappa shape index (κ2) is 6.62. The minimum atomic E-state index is -0.184. The average molecular weight is 312 g/mol. The molecule has 0 spiro atoms. The van der Waals surface area contributed by atoms with E-state index in [0.29, 0.717) is 36.7 Å². The van der Waals surface area contributed by atoms with Gasteiger partial charge in [0.25, 0.3) is 0 Å². The lowest BCUT2D eigenvalue weighted by Gasteiger charge is -2.07. The van der Waals surface area contributed by atoms with E-state index in [2.05, 4.69) is 20.3 Å². The van der Waals surface area contributed by atoms with E-state index in [1.165, 1.54) is 0 Å². The number of hydrogen-bond donors (Lipinski definition) is 3. The van der Waals surface area contributed by atoms with E-state index in [1.807, 2.05) is 31.2 Å². The number of fused-ring (bicyclic) bond motifs is 1. The Balaban J connectivity index is 1.95. The van der Waals surface area contributed by atoms with Gasteiger partial charge in [0.2, 0.25) is 5.95 Å². The van der Waals surface area contributed by atoms with Gasteiger partial charge in [-0.15, -0.1) is 0 Å². The van der Waals surface area contributed by atoms with Crippen molar-refractivity contribution in [1.29, 1.82) is 0 Å². The summed E-state index contributed by atoms with van der Waals surface area (Å²) in [5, 5.41) is 3.12. The van der Waals surface area contributed by atoms with Crippen molar-refractivity contribution in [2.24, 2.45) is 5.73 Å². The van der Waals surface area contributed by atoms with Gasteiger partial charge >= 0.3 is 5.69 Å². The van der Waals surface area contributed by atoms with Gasteiger partial charge in [-0.2, -0.15) is 4.98 Å². The summed E-state index contributed by atoms with van der Waals surface area (Å²) in [7, 11) is 0. The van der Waals surface area contributed by atoms with Gasteiger partial charge in [0.05, 0.1) is 12.7 Å². The molecule has 120 valence electrons. The molecule has 0 aliphatic carbocycles.